The molecule has 5 nitrogen and oxygen atoms in total. The van der Waals surface area contributed by atoms with Crippen LogP contribution in [0.3, 0.4) is 0 Å². The number of benzene rings is 1. The Kier molecular flexibility index (Phi) is 5.61. The van der Waals surface area contributed by atoms with Crippen LogP contribution in [0.4, 0.5) is 10.5 Å². The lowest BCUT2D eigenvalue weighted by molar-refractivity contribution is -0.137. The Labute approximate surface area is 132 Å². The standard InChI is InChI=1S/C15H19BrN2O3/c16-12-4-6-13(7-5-12)17-15(21)18-9-1-2-11(10-18)3-8-14(19)20/h4-7,11H,1-3,8-10H2,(H,17,21)(H,19,20). The first-order valence-corrected chi connectivity index (χ1v) is 7.87. The van der Waals surface area contributed by atoms with Gasteiger partial charge in [0.15, 0.2) is 0 Å². The fraction of sp³-hybridized carbons (Fsp3) is 0.467. The Morgan fingerprint density at radius 3 is 2.71 bits per heavy atom. The molecule has 21 heavy (non-hydrogen) atoms. The van der Waals surface area contributed by atoms with E-state index >= 15 is 0 Å². The number of hydrogen-bond acceptors (Lipinski definition) is 2. The molecule has 0 aromatic heterocycles. The molecule has 1 heterocycles. The zero-order chi connectivity index (χ0) is 15.2. The summed E-state index contributed by atoms with van der Waals surface area (Å²) in [4.78, 5) is 24.6. The average molecular weight is 355 g/mol. The number of nitrogens with one attached hydrogen (secondary N) is 1. The second kappa shape index (κ2) is 7.45. The summed E-state index contributed by atoms with van der Waals surface area (Å²) in [7, 11) is 0. The van der Waals surface area contributed by atoms with Gasteiger partial charge in [0.1, 0.15) is 0 Å². The number of rotatable bonds is 4. The fourth-order valence-electron chi connectivity index (χ4n) is 2.55. The van der Waals surface area contributed by atoms with E-state index in [2.05, 4.69) is 21.2 Å². The Morgan fingerprint density at radius 2 is 2.05 bits per heavy atom. The van der Waals surface area contributed by atoms with Gasteiger partial charge in [-0.15, -0.1) is 0 Å². The summed E-state index contributed by atoms with van der Waals surface area (Å²) in [6.07, 6.45) is 2.73. The lowest BCUT2D eigenvalue weighted by Gasteiger charge is -2.32. The van der Waals surface area contributed by atoms with Crippen LogP contribution in [0.5, 0.6) is 0 Å². The molecule has 2 rings (SSSR count). The molecule has 1 aromatic carbocycles. The van der Waals surface area contributed by atoms with Gasteiger partial charge in [0.25, 0.3) is 0 Å². The molecule has 0 bridgehead atoms. The Bertz CT molecular complexity index is 504. The zero-order valence-corrected chi connectivity index (χ0v) is 13.3. The van der Waals surface area contributed by atoms with Crippen molar-refractivity contribution in [1.82, 2.24) is 4.90 Å². The molecular formula is C15H19BrN2O3. The van der Waals surface area contributed by atoms with E-state index in [-0.39, 0.29) is 18.4 Å². The van der Waals surface area contributed by atoms with E-state index in [0.29, 0.717) is 13.0 Å². The maximum Gasteiger partial charge on any atom is 0.321 e. The van der Waals surface area contributed by atoms with Crippen LogP contribution in [-0.4, -0.2) is 35.1 Å². The van der Waals surface area contributed by atoms with Gasteiger partial charge < -0.3 is 15.3 Å². The number of urea groups is 1. The number of aliphatic carboxylic acids is 1. The number of carboxylic acids is 1. The fourth-order valence-corrected chi connectivity index (χ4v) is 2.81. The van der Waals surface area contributed by atoms with Crippen molar-refractivity contribution >= 4 is 33.6 Å². The van der Waals surface area contributed by atoms with E-state index < -0.39 is 5.97 Å². The Morgan fingerprint density at radius 1 is 1.33 bits per heavy atom. The minimum atomic E-state index is -0.772. The number of amides is 2. The SMILES string of the molecule is O=C(O)CCC1CCCN(C(=O)Nc2ccc(Br)cc2)C1. The van der Waals surface area contributed by atoms with E-state index in [9.17, 15) is 9.59 Å². The van der Waals surface area contributed by atoms with Crippen molar-refractivity contribution in [3.63, 3.8) is 0 Å². The van der Waals surface area contributed by atoms with Gasteiger partial charge in [-0.3, -0.25) is 4.79 Å². The largest absolute Gasteiger partial charge is 0.481 e. The van der Waals surface area contributed by atoms with Crippen molar-refractivity contribution in [2.75, 3.05) is 18.4 Å². The molecule has 2 N–H and O–H groups in total. The number of carbonyl (C=O) groups is 2. The average Bonchev–Trinajstić information content (AvgIpc) is 2.48. The second-order valence-corrected chi connectivity index (χ2v) is 6.24. The summed E-state index contributed by atoms with van der Waals surface area (Å²) in [5.74, 6) is -0.489. The smallest absolute Gasteiger partial charge is 0.321 e. The number of carbonyl (C=O) groups excluding carboxylic acids is 1. The highest BCUT2D eigenvalue weighted by molar-refractivity contribution is 9.10. The van der Waals surface area contributed by atoms with Crippen LogP contribution in [0.15, 0.2) is 28.7 Å². The van der Waals surface area contributed by atoms with Crippen molar-refractivity contribution < 1.29 is 14.7 Å². The topological polar surface area (TPSA) is 69.6 Å². The van der Waals surface area contributed by atoms with Crippen molar-refractivity contribution in [3.05, 3.63) is 28.7 Å². The predicted octanol–water partition coefficient (Wildman–Crippen LogP) is 3.56. The quantitative estimate of drug-likeness (QED) is 0.868. The number of carboxylic acid groups (broad SMARTS) is 1. The summed E-state index contributed by atoms with van der Waals surface area (Å²) in [5, 5.41) is 11.6. The monoisotopic (exact) mass is 354 g/mol. The number of halogens is 1. The molecule has 1 atom stereocenters. The first kappa shape index (κ1) is 15.8. The maximum absolute atomic E-state index is 12.2. The van der Waals surface area contributed by atoms with Crippen molar-refractivity contribution in [3.8, 4) is 0 Å². The summed E-state index contributed by atoms with van der Waals surface area (Å²) in [6, 6.07) is 7.32. The highest BCUT2D eigenvalue weighted by Gasteiger charge is 2.24. The van der Waals surface area contributed by atoms with Crippen molar-refractivity contribution in [2.45, 2.75) is 25.7 Å². The molecule has 114 valence electrons. The van der Waals surface area contributed by atoms with Crippen LogP contribution in [0.25, 0.3) is 0 Å². The van der Waals surface area contributed by atoms with E-state index in [4.69, 9.17) is 5.11 Å². The molecule has 0 saturated carbocycles. The first-order chi connectivity index (χ1) is 10.0. The molecule has 6 heteroatoms. The van der Waals surface area contributed by atoms with Gasteiger partial charge in [0.05, 0.1) is 0 Å². The summed E-state index contributed by atoms with van der Waals surface area (Å²) < 4.78 is 0.965. The van der Waals surface area contributed by atoms with Crippen LogP contribution in [0.1, 0.15) is 25.7 Å². The lowest BCUT2D eigenvalue weighted by Crippen LogP contribution is -2.42. The minimum Gasteiger partial charge on any atom is -0.481 e. The van der Waals surface area contributed by atoms with Crippen molar-refractivity contribution in [2.24, 2.45) is 5.92 Å². The number of nitrogens with zero attached hydrogens (tertiary/aromatic N) is 1. The molecule has 0 radical (unpaired) electrons. The van der Waals surface area contributed by atoms with Gasteiger partial charge in [-0.2, -0.15) is 0 Å². The predicted molar refractivity (Wildman–Crippen MR) is 84.3 cm³/mol. The second-order valence-electron chi connectivity index (χ2n) is 5.32. The molecule has 1 aliphatic heterocycles. The third kappa shape index (κ3) is 5.04. The van der Waals surface area contributed by atoms with E-state index in [0.717, 1.165) is 29.5 Å². The normalized spacial score (nSPS) is 18.3. The summed E-state index contributed by atoms with van der Waals surface area (Å²) >= 11 is 3.35. The third-order valence-electron chi connectivity index (χ3n) is 3.67. The lowest BCUT2D eigenvalue weighted by atomic mass is 9.93. The van der Waals surface area contributed by atoms with Gasteiger partial charge in [0, 0.05) is 29.7 Å². The number of anilines is 1. The molecule has 0 spiro atoms. The molecular weight excluding hydrogens is 336 g/mol. The molecule has 1 aliphatic rings. The maximum atomic E-state index is 12.2. The van der Waals surface area contributed by atoms with Crippen molar-refractivity contribution in [1.29, 1.82) is 0 Å². The Balaban J connectivity index is 1.86. The van der Waals surface area contributed by atoms with Crippen LogP contribution >= 0.6 is 15.9 Å². The van der Waals surface area contributed by atoms with Crippen LogP contribution < -0.4 is 5.32 Å². The Hall–Kier alpha value is -1.56. The number of piperidine rings is 1. The van der Waals surface area contributed by atoms with E-state index in [1.54, 1.807) is 4.90 Å². The van der Waals surface area contributed by atoms with Crippen LogP contribution in [-0.2, 0) is 4.79 Å². The van der Waals surface area contributed by atoms with Gasteiger partial charge >= 0.3 is 12.0 Å². The van der Waals surface area contributed by atoms with Crippen LogP contribution in [0.2, 0.25) is 0 Å². The molecule has 1 saturated heterocycles. The zero-order valence-electron chi connectivity index (χ0n) is 11.7. The molecule has 1 aromatic rings. The minimum absolute atomic E-state index is 0.114. The number of likely N-dealkylation sites (tertiary alicyclic amines) is 1. The van der Waals surface area contributed by atoms with Gasteiger partial charge in [-0.25, -0.2) is 4.79 Å². The third-order valence-corrected chi connectivity index (χ3v) is 4.20. The molecule has 1 unspecified atom stereocenters. The highest BCUT2D eigenvalue weighted by atomic mass is 79.9. The summed E-state index contributed by atoms with van der Waals surface area (Å²) in [5.41, 5.74) is 0.760. The highest BCUT2D eigenvalue weighted by Crippen LogP contribution is 2.22. The van der Waals surface area contributed by atoms with Crippen LogP contribution in [0, 0.1) is 5.92 Å². The molecule has 1 fully saturated rings. The van der Waals surface area contributed by atoms with Gasteiger partial charge in [0.2, 0.25) is 0 Å². The van der Waals surface area contributed by atoms with Gasteiger partial charge in [-0.1, -0.05) is 15.9 Å². The van der Waals surface area contributed by atoms with E-state index in [1.165, 1.54) is 0 Å². The number of hydrogen-bond donors (Lipinski definition) is 2. The first-order valence-electron chi connectivity index (χ1n) is 7.08. The van der Waals surface area contributed by atoms with E-state index in [1.807, 2.05) is 24.3 Å². The molecule has 0 aliphatic carbocycles. The summed E-state index contributed by atoms with van der Waals surface area (Å²) in [6.45, 7) is 1.36. The molecule has 2 amide bonds. The van der Waals surface area contributed by atoms with Gasteiger partial charge in [-0.05, 0) is 49.4 Å².